The first-order chi connectivity index (χ1) is 18.1. The number of nitrogen functional groups attached to an aromatic ring is 1. The van der Waals surface area contributed by atoms with Crippen molar-refractivity contribution in [3.8, 4) is 0 Å². The lowest BCUT2D eigenvalue weighted by Crippen LogP contribution is -2.19. The molecule has 2 aromatic carbocycles. The number of aliphatic hydroxyl groups is 1. The second-order valence-corrected chi connectivity index (χ2v) is 8.39. The van der Waals surface area contributed by atoms with Gasteiger partial charge in [-0.1, -0.05) is 36.9 Å². The van der Waals surface area contributed by atoms with Gasteiger partial charge in [0.1, 0.15) is 17.7 Å². The number of allylic oxidation sites excluding steroid dienone is 7. The lowest BCUT2D eigenvalue weighted by atomic mass is 9.94. The van der Waals surface area contributed by atoms with Gasteiger partial charge in [0.2, 0.25) is 5.78 Å². The number of hydrazine groups is 1. The summed E-state index contributed by atoms with van der Waals surface area (Å²) in [7, 11) is 0. The maximum absolute atomic E-state index is 14.3. The fourth-order valence-corrected chi connectivity index (χ4v) is 3.67. The van der Waals surface area contributed by atoms with Crippen LogP contribution in [0, 0.1) is 11.6 Å². The van der Waals surface area contributed by atoms with Crippen LogP contribution in [-0.4, -0.2) is 22.0 Å². The van der Waals surface area contributed by atoms with Gasteiger partial charge in [-0.3, -0.25) is 15.6 Å². The monoisotopic (exact) mass is 520 g/mol. The molecule has 6 N–H and O–H groups in total. The maximum atomic E-state index is 14.3. The van der Waals surface area contributed by atoms with Crippen molar-refractivity contribution in [2.45, 2.75) is 19.5 Å². The quantitative estimate of drug-likeness (QED) is 0.0790. The van der Waals surface area contributed by atoms with E-state index in [4.69, 9.17) is 16.7 Å². The van der Waals surface area contributed by atoms with Gasteiger partial charge >= 0.3 is 0 Å². The number of carbonyl (C=O) groups excluding carboxylic acids is 1. The molecule has 0 saturated carbocycles. The highest BCUT2D eigenvalue weighted by molar-refractivity contribution is 6.12. The molecule has 1 unspecified atom stereocenters. The first-order valence-electron chi connectivity index (χ1n) is 11.5. The van der Waals surface area contributed by atoms with E-state index in [2.05, 4.69) is 17.0 Å². The Morgan fingerprint density at radius 2 is 2.00 bits per heavy atom. The molecule has 1 aliphatic carbocycles. The molecule has 0 fully saturated rings. The lowest BCUT2D eigenvalue weighted by Gasteiger charge is -2.12. The minimum absolute atomic E-state index is 0.0269. The number of halogens is 3. The largest absolute Gasteiger partial charge is 0.508 e. The zero-order valence-electron chi connectivity index (χ0n) is 20.6. The highest BCUT2D eigenvalue weighted by Crippen LogP contribution is 2.27. The number of aromatic nitrogens is 1. The number of hydrogen-bond acceptors (Lipinski definition) is 6. The smallest absolute Gasteiger partial charge is 0.200 e. The third-order valence-electron chi connectivity index (χ3n) is 5.61. The van der Waals surface area contributed by atoms with Crippen molar-refractivity contribution in [2.75, 3.05) is 5.73 Å². The molecule has 3 aromatic rings. The SMILES string of the molecule is C=C(/C=C(C)/C(=C\NN)C(=O)c1c(F)ccc(N)c1F)c1ccc2cccnc2c1.OC1=CC(F)CC=C1. The normalized spacial score (nSPS) is 15.4. The Morgan fingerprint density at radius 1 is 1.24 bits per heavy atom. The van der Waals surface area contributed by atoms with Gasteiger partial charge in [0.25, 0.3) is 0 Å². The van der Waals surface area contributed by atoms with E-state index >= 15 is 0 Å². The van der Waals surface area contributed by atoms with Gasteiger partial charge in [0.15, 0.2) is 5.82 Å². The number of nitrogens with zero attached hydrogens (tertiary/aromatic N) is 1. The third kappa shape index (κ3) is 6.77. The zero-order valence-corrected chi connectivity index (χ0v) is 20.6. The summed E-state index contributed by atoms with van der Waals surface area (Å²) in [6, 6.07) is 11.4. The molecule has 0 radical (unpaired) electrons. The topological polar surface area (TPSA) is 114 Å². The second kappa shape index (κ2) is 12.6. The van der Waals surface area contributed by atoms with Crippen LogP contribution < -0.4 is 17.0 Å². The zero-order chi connectivity index (χ0) is 27.8. The van der Waals surface area contributed by atoms with Crippen LogP contribution in [0.4, 0.5) is 18.9 Å². The molecule has 196 valence electrons. The van der Waals surface area contributed by atoms with Crippen LogP contribution in [-0.2, 0) is 0 Å². The van der Waals surface area contributed by atoms with Crippen LogP contribution in [0.3, 0.4) is 0 Å². The number of nitrogens with one attached hydrogen (secondary N) is 1. The molecule has 0 spiro atoms. The molecular weight excluding hydrogens is 493 g/mol. The van der Waals surface area contributed by atoms with Crippen molar-refractivity contribution in [1.82, 2.24) is 10.4 Å². The predicted octanol–water partition coefficient (Wildman–Crippen LogP) is 6.01. The number of carbonyl (C=O) groups is 1. The summed E-state index contributed by atoms with van der Waals surface area (Å²) in [5, 5.41) is 9.59. The Morgan fingerprint density at radius 3 is 2.66 bits per heavy atom. The van der Waals surface area contributed by atoms with Crippen molar-refractivity contribution >= 4 is 27.9 Å². The molecule has 1 heterocycles. The Kier molecular flexibility index (Phi) is 9.23. The summed E-state index contributed by atoms with van der Waals surface area (Å²) in [4.78, 5) is 17.2. The van der Waals surface area contributed by atoms with E-state index in [1.165, 1.54) is 18.4 Å². The number of pyridine rings is 1. The summed E-state index contributed by atoms with van der Waals surface area (Å²) in [6.45, 7) is 5.65. The number of Topliss-reactive ketones (excluding diaryl/α,β-unsaturated/α-hetero) is 1. The van der Waals surface area contributed by atoms with Gasteiger partial charge in [-0.15, -0.1) is 0 Å². The predicted molar refractivity (Wildman–Crippen MR) is 144 cm³/mol. The van der Waals surface area contributed by atoms with E-state index in [1.54, 1.807) is 25.3 Å². The van der Waals surface area contributed by atoms with Gasteiger partial charge in [0.05, 0.1) is 16.8 Å². The summed E-state index contributed by atoms with van der Waals surface area (Å²) < 4.78 is 40.7. The average molecular weight is 521 g/mol. The van der Waals surface area contributed by atoms with Crippen molar-refractivity contribution < 1.29 is 23.1 Å². The molecule has 0 amide bonds. The highest BCUT2D eigenvalue weighted by Gasteiger charge is 2.24. The minimum atomic E-state index is -1.12. The minimum Gasteiger partial charge on any atom is -0.508 e. The molecule has 4 rings (SSSR count). The third-order valence-corrected chi connectivity index (χ3v) is 5.61. The van der Waals surface area contributed by atoms with Crippen LogP contribution in [0.5, 0.6) is 0 Å². The van der Waals surface area contributed by atoms with Crippen LogP contribution in [0.2, 0.25) is 0 Å². The van der Waals surface area contributed by atoms with Crippen LogP contribution in [0.15, 0.2) is 103 Å². The van der Waals surface area contributed by atoms with Crippen molar-refractivity contribution in [3.63, 3.8) is 0 Å². The van der Waals surface area contributed by atoms with Gasteiger partial charge in [-0.2, -0.15) is 0 Å². The molecule has 1 aromatic heterocycles. The number of anilines is 1. The fourth-order valence-electron chi connectivity index (χ4n) is 3.67. The van der Waals surface area contributed by atoms with E-state index in [1.807, 2.05) is 30.3 Å². The van der Waals surface area contributed by atoms with Crippen molar-refractivity contribution in [1.29, 1.82) is 0 Å². The molecule has 0 saturated heterocycles. The molecule has 38 heavy (non-hydrogen) atoms. The molecule has 0 bridgehead atoms. The number of aliphatic hydroxyl groups excluding tert-OH is 1. The molecule has 1 atom stereocenters. The standard InChI is InChI=1S/C23H20F2N4O.C6H7FO/c1-13(16-6-5-15-4-3-9-28-20(15)11-16)10-14(2)17(12-29-27)23(30)21-18(24)7-8-19(26)22(21)25;7-5-2-1-3-6(8)4-5/h3-12,29H,1,26-27H2,2H3;1,3-5,8H,2H2/b14-10+,17-12+;. The van der Waals surface area contributed by atoms with E-state index in [0.29, 0.717) is 17.6 Å². The van der Waals surface area contributed by atoms with Crippen molar-refractivity contribution in [3.05, 3.63) is 125 Å². The summed E-state index contributed by atoms with van der Waals surface area (Å²) >= 11 is 0. The van der Waals surface area contributed by atoms with E-state index in [0.717, 1.165) is 28.6 Å². The van der Waals surface area contributed by atoms with Gasteiger partial charge in [-0.25, -0.2) is 13.2 Å². The number of rotatable bonds is 6. The number of ketones is 1. The Bertz CT molecular complexity index is 1490. The van der Waals surface area contributed by atoms with Crippen LogP contribution in [0.1, 0.15) is 29.3 Å². The summed E-state index contributed by atoms with van der Waals surface area (Å²) in [5.41, 5.74) is 9.22. The first kappa shape index (κ1) is 27.9. The average Bonchev–Trinajstić information content (AvgIpc) is 2.89. The number of fused-ring (bicyclic) bond motifs is 1. The maximum Gasteiger partial charge on any atom is 0.200 e. The second-order valence-electron chi connectivity index (χ2n) is 8.39. The Balaban J connectivity index is 0.000000427. The van der Waals surface area contributed by atoms with E-state index < -0.39 is 29.2 Å². The summed E-state index contributed by atoms with van der Waals surface area (Å²) in [6.07, 6.45) is 8.20. The number of alkyl halides is 1. The Hall–Kier alpha value is -4.63. The van der Waals surface area contributed by atoms with Crippen LogP contribution >= 0.6 is 0 Å². The number of hydrogen-bond donors (Lipinski definition) is 4. The highest BCUT2D eigenvalue weighted by atomic mass is 19.1. The molecule has 9 heteroatoms. The molecule has 0 aliphatic heterocycles. The number of benzene rings is 2. The molecular formula is C29H27F3N4O2. The van der Waals surface area contributed by atoms with Gasteiger partial charge in [-0.05, 0) is 60.1 Å². The van der Waals surface area contributed by atoms with E-state index in [-0.39, 0.29) is 17.0 Å². The summed E-state index contributed by atoms with van der Waals surface area (Å²) in [5.74, 6) is 2.36. The first-order valence-corrected chi connectivity index (χ1v) is 11.5. The lowest BCUT2D eigenvalue weighted by molar-refractivity contribution is 0.102. The van der Waals surface area contributed by atoms with Gasteiger partial charge < -0.3 is 16.3 Å². The Labute approximate surface area is 218 Å². The fraction of sp³-hybridized carbons (Fsp3) is 0.103. The van der Waals surface area contributed by atoms with E-state index in [9.17, 15) is 18.0 Å². The van der Waals surface area contributed by atoms with Crippen LogP contribution in [0.25, 0.3) is 16.5 Å². The van der Waals surface area contributed by atoms with Gasteiger partial charge in [0, 0.05) is 29.8 Å². The number of nitrogens with two attached hydrogens (primary N) is 2. The molecule has 1 aliphatic rings. The molecule has 6 nitrogen and oxygen atoms in total. The van der Waals surface area contributed by atoms with Crippen molar-refractivity contribution in [2.24, 2.45) is 5.84 Å².